The molecule has 0 aliphatic carbocycles. The van der Waals surface area contributed by atoms with Gasteiger partial charge >= 0.3 is 0 Å². The average molecular weight is 203 g/mol. The van der Waals surface area contributed by atoms with Gasteiger partial charge in [0.05, 0.1) is 0 Å². The van der Waals surface area contributed by atoms with Gasteiger partial charge in [-0.1, -0.05) is 17.2 Å². The van der Waals surface area contributed by atoms with Crippen LogP contribution in [0.15, 0.2) is 30.4 Å². The van der Waals surface area contributed by atoms with Crippen molar-refractivity contribution < 1.29 is 4.79 Å². The molecule has 0 radical (unpaired) electrons. The Kier molecular flexibility index (Phi) is 3.67. The molecule has 1 aromatic rings. The minimum atomic E-state index is 0.0965. The Bertz CT molecular complexity index is 394. The summed E-state index contributed by atoms with van der Waals surface area (Å²) in [5.41, 5.74) is 9.03. The van der Waals surface area contributed by atoms with Gasteiger partial charge in [0.15, 0.2) is 5.78 Å². The molecule has 0 fully saturated rings. The van der Waals surface area contributed by atoms with Crippen molar-refractivity contribution in [3.8, 4) is 0 Å². The van der Waals surface area contributed by atoms with Crippen LogP contribution in [-0.2, 0) is 0 Å². The van der Waals surface area contributed by atoms with Gasteiger partial charge in [0.1, 0.15) is 0 Å². The highest BCUT2D eigenvalue weighted by Crippen LogP contribution is 2.17. The zero-order chi connectivity index (χ0) is 11.4. The van der Waals surface area contributed by atoms with E-state index in [4.69, 9.17) is 5.73 Å². The predicted octanol–water partition coefficient (Wildman–Crippen LogP) is 3.12. The van der Waals surface area contributed by atoms with Crippen LogP contribution in [-0.4, -0.2) is 5.78 Å². The maximum absolute atomic E-state index is 11.8. The van der Waals surface area contributed by atoms with Gasteiger partial charge in [0, 0.05) is 17.7 Å². The number of benzene rings is 1. The van der Waals surface area contributed by atoms with Crippen molar-refractivity contribution in [2.45, 2.75) is 26.7 Å². The van der Waals surface area contributed by atoms with Gasteiger partial charge in [-0.25, -0.2) is 0 Å². The lowest BCUT2D eigenvalue weighted by molar-refractivity contribution is 0.0983. The Morgan fingerprint density at radius 3 is 2.67 bits per heavy atom. The van der Waals surface area contributed by atoms with Gasteiger partial charge in [0.25, 0.3) is 0 Å². The number of Topliss-reactive ketones (excluding diaryl/α,β-unsaturated/α-hetero) is 1. The minimum Gasteiger partial charge on any atom is -0.398 e. The first-order chi connectivity index (χ1) is 7.00. The van der Waals surface area contributed by atoms with E-state index in [0.717, 1.165) is 17.6 Å². The fourth-order valence-corrected chi connectivity index (χ4v) is 1.37. The van der Waals surface area contributed by atoms with E-state index in [1.54, 1.807) is 6.07 Å². The molecule has 0 saturated heterocycles. The third-order valence-electron chi connectivity index (χ3n) is 2.29. The van der Waals surface area contributed by atoms with E-state index in [0.29, 0.717) is 17.7 Å². The van der Waals surface area contributed by atoms with Crippen LogP contribution in [0.1, 0.15) is 35.7 Å². The van der Waals surface area contributed by atoms with Crippen molar-refractivity contribution in [1.29, 1.82) is 0 Å². The Morgan fingerprint density at radius 1 is 1.40 bits per heavy atom. The molecular formula is C13H17NO. The van der Waals surface area contributed by atoms with E-state index in [2.05, 4.69) is 6.58 Å². The predicted molar refractivity (Wildman–Crippen MR) is 64.0 cm³/mol. The van der Waals surface area contributed by atoms with E-state index in [9.17, 15) is 4.79 Å². The largest absolute Gasteiger partial charge is 0.398 e. The van der Waals surface area contributed by atoms with Crippen molar-refractivity contribution in [3.63, 3.8) is 0 Å². The van der Waals surface area contributed by atoms with Crippen LogP contribution in [0.25, 0.3) is 0 Å². The lowest BCUT2D eigenvalue weighted by atomic mass is 10.0. The molecule has 0 saturated carbocycles. The van der Waals surface area contributed by atoms with Crippen LogP contribution in [0, 0.1) is 6.92 Å². The number of anilines is 1. The molecule has 1 rings (SSSR count). The number of rotatable bonds is 4. The van der Waals surface area contributed by atoms with E-state index in [-0.39, 0.29) is 5.78 Å². The Balaban J connectivity index is 2.81. The normalized spacial score (nSPS) is 10.0. The van der Waals surface area contributed by atoms with E-state index in [1.165, 1.54) is 0 Å². The Morgan fingerprint density at radius 2 is 2.07 bits per heavy atom. The molecule has 0 spiro atoms. The molecule has 0 amide bonds. The highest BCUT2D eigenvalue weighted by molar-refractivity contribution is 6.00. The second-order valence-electron chi connectivity index (χ2n) is 3.97. The molecule has 0 aliphatic heterocycles. The van der Waals surface area contributed by atoms with Crippen LogP contribution in [0.3, 0.4) is 0 Å². The van der Waals surface area contributed by atoms with Crippen molar-refractivity contribution >= 4 is 11.5 Å². The van der Waals surface area contributed by atoms with Gasteiger partial charge in [-0.15, -0.1) is 6.58 Å². The average Bonchev–Trinajstić information content (AvgIpc) is 2.18. The van der Waals surface area contributed by atoms with Gasteiger partial charge in [0.2, 0.25) is 0 Å². The topological polar surface area (TPSA) is 43.1 Å². The lowest BCUT2D eigenvalue weighted by Crippen LogP contribution is -2.04. The number of nitrogen functional groups attached to an aromatic ring is 1. The number of aryl methyl sites for hydroxylation is 1. The molecule has 2 nitrogen and oxygen atoms in total. The first-order valence-electron chi connectivity index (χ1n) is 5.04. The van der Waals surface area contributed by atoms with Crippen molar-refractivity contribution in [3.05, 3.63) is 41.5 Å². The molecule has 0 bridgehead atoms. The number of hydrogen-bond donors (Lipinski definition) is 1. The van der Waals surface area contributed by atoms with E-state index < -0.39 is 0 Å². The molecule has 2 heteroatoms. The third kappa shape index (κ3) is 3.24. The van der Waals surface area contributed by atoms with Crippen LogP contribution in [0.2, 0.25) is 0 Å². The molecule has 80 valence electrons. The van der Waals surface area contributed by atoms with Gasteiger partial charge in [-0.3, -0.25) is 4.79 Å². The van der Waals surface area contributed by atoms with Crippen molar-refractivity contribution in [1.82, 2.24) is 0 Å². The minimum absolute atomic E-state index is 0.0965. The molecule has 0 aliphatic rings. The number of nitrogens with two attached hydrogens (primary N) is 1. The second-order valence-corrected chi connectivity index (χ2v) is 3.97. The maximum Gasteiger partial charge on any atom is 0.165 e. The number of carbonyl (C=O) groups excluding carboxylic acids is 1. The molecule has 2 N–H and O–H groups in total. The van der Waals surface area contributed by atoms with Crippen molar-refractivity contribution in [2.24, 2.45) is 0 Å². The number of carbonyl (C=O) groups is 1. The van der Waals surface area contributed by atoms with Crippen molar-refractivity contribution in [2.75, 3.05) is 5.73 Å². The first kappa shape index (κ1) is 11.5. The second kappa shape index (κ2) is 4.78. The molecule has 0 atom stereocenters. The summed E-state index contributed by atoms with van der Waals surface area (Å²) in [5, 5.41) is 0. The number of allylic oxidation sites excluding steroid dienone is 1. The zero-order valence-electron chi connectivity index (χ0n) is 9.34. The molecule has 1 aromatic carbocycles. The Labute approximate surface area is 90.8 Å². The molecule has 0 aromatic heterocycles. The van der Waals surface area contributed by atoms with Crippen LogP contribution in [0.5, 0.6) is 0 Å². The quantitative estimate of drug-likeness (QED) is 0.464. The Hall–Kier alpha value is -1.57. The summed E-state index contributed by atoms with van der Waals surface area (Å²) in [6.45, 7) is 7.65. The first-order valence-corrected chi connectivity index (χ1v) is 5.04. The summed E-state index contributed by atoms with van der Waals surface area (Å²) in [6.07, 6.45) is 1.22. The van der Waals surface area contributed by atoms with Gasteiger partial charge < -0.3 is 5.73 Å². The van der Waals surface area contributed by atoms with Crippen LogP contribution < -0.4 is 5.73 Å². The van der Waals surface area contributed by atoms with E-state index >= 15 is 0 Å². The summed E-state index contributed by atoms with van der Waals surface area (Å²) >= 11 is 0. The maximum atomic E-state index is 11.8. The van der Waals surface area contributed by atoms with Gasteiger partial charge in [-0.2, -0.15) is 0 Å². The standard InChI is InChI=1S/C13H17NO/c1-9(2)4-7-13(15)11-8-10(3)5-6-12(11)14/h5-6,8H,1,4,7,14H2,2-3H3. The lowest BCUT2D eigenvalue weighted by Gasteiger charge is -2.05. The summed E-state index contributed by atoms with van der Waals surface area (Å²) in [5.74, 6) is 0.0965. The van der Waals surface area contributed by atoms with E-state index in [1.807, 2.05) is 26.0 Å². The molecule has 15 heavy (non-hydrogen) atoms. The fourth-order valence-electron chi connectivity index (χ4n) is 1.37. The zero-order valence-corrected chi connectivity index (χ0v) is 9.34. The summed E-state index contributed by atoms with van der Waals surface area (Å²) in [6, 6.07) is 5.53. The number of ketones is 1. The molecular weight excluding hydrogens is 186 g/mol. The SMILES string of the molecule is C=C(C)CCC(=O)c1cc(C)ccc1N. The smallest absolute Gasteiger partial charge is 0.165 e. The van der Waals surface area contributed by atoms with Crippen LogP contribution >= 0.6 is 0 Å². The highest BCUT2D eigenvalue weighted by Gasteiger charge is 2.09. The fraction of sp³-hybridized carbons (Fsp3) is 0.308. The molecule has 0 heterocycles. The number of hydrogen-bond acceptors (Lipinski definition) is 2. The summed E-state index contributed by atoms with van der Waals surface area (Å²) in [7, 11) is 0. The molecule has 0 unspecified atom stereocenters. The monoisotopic (exact) mass is 203 g/mol. The third-order valence-corrected chi connectivity index (χ3v) is 2.29. The van der Waals surface area contributed by atoms with Crippen LogP contribution in [0.4, 0.5) is 5.69 Å². The summed E-state index contributed by atoms with van der Waals surface area (Å²) in [4.78, 5) is 11.8. The van der Waals surface area contributed by atoms with Gasteiger partial charge in [-0.05, 0) is 32.4 Å². The highest BCUT2D eigenvalue weighted by atomic mass is 16.1. The summed E-state index contributed by atoms with van der Waals surface area (Å²) < 4.78 is 0.